The van der Waals surface area contributed by atoms with Gasteiger partial charge in [-0.3, -0.25) is 0 Å². The number of rotatable bonds is 7. The molecule has 1 aliphatic heterocycles. The molecule has 5 nitrogen and oxygen atoms in total. The fraction of sp³-hybridized carbons (Fsp3) is 0.345. The molecule has 0 unspecified atom stereocenters. The van der Waals surface area contributed by atoms with Crippen LogP contribution in [-0.4, -0.2) is 33.5 Å². The van der Waals surface area contributed by atoms with Crippen molar-refractivity contribution in [3.63, 3.8) is 0 Å². The third-order valence-corrected chi connectivity index (χ3v) is 8.56. The normalized spacial score (nSPS) is 16.5. The molecule has 2 atom stereocenters. The molecule has 0 aromatic heterocycles. The van der Waals surface area contributed by atoms with Gasteiger partial charge < -0.3 is 14.6 Å². The second-order valence-electron chi connectivity index (χ2n) is 10.2. The topological polar surface area (TPSA) is 75.6 Å². The number of nitrogens with zero attached hydrogens (tertiary/aromatic N) is 1. The summed E-state index contributed by atoms with van der Waals surface area (Å²) in [5.41, 5.74) is 4.66. The average molecular weight is 525 g/mol. The first kappa shape index (κ1) is 26.6. The van der Waals surface area contributed by atoms with E-state index in [1.54, 1.807) is 12.1 Å². The van der Waals surface area contributed by atoms with Crippen molar-refractivity contribution < 1.29 is 14.5 Å². The largest absolute Gasteiger partial charge is 0.598 e. The predicted octanol–water partition coefficient (Wildman–Crippen LogP) is 6.71. The lowest BCUT2D eigenvalue weighted by Gasteiger charge is -2.39. The Labute approximate surface area is 221 Å². The smallest absolute Gasteiger partial charge is 0.335 e. The van der Waals surface area contributed by atoms with Crippen molar-refractivity contribution in [1.29, 1.82) is 0 Å². The molecule has 7 heteroatoms. The molecule has 3 aromatic rings. The standard InChI is InChI=1S/C29H33ClN2O3S/c1-29(2,3)36(35)31-27(26-7-5-4-6-25(26)20-8-12-23(30)13-9-20)21-16-18-32(19-17-21)24-14-10-22(11-15-24)28(33)34/h4-15,21,27,31H,16-19H2,1-3H3,(H,33,34)/t27-,36+/m1/s1. The molecule has 0 spiro atoms. The Balaban J connectivity index is 1.60. The summed E-state index contributed by atoms with van der Waals surface area (Å²) in [5, 5.41) is 9.88. The molecular formula is C29H33ClN2O3S. The van der Waals surface area contributed by atoms with Crippen LogP contribution in [0, 0.1) is 5.92 Å². The molecule has 1 heterocycles. The number of piperidine rings is 1. The van der Waals surface area contributed by atoms with Gasteiger partial charge in [0.2, 0.25) is 0 Å². The van der Waals surface area contributed by atoms with E-state index in [-0.39, 0.29) is 10.8 Å². The van der Waals surface area contributed by atoms with Crippen LogP contribution in [0.15, 0.2) is 72.8 Å². The van der Waals surface area contributed by atoms with Gasteiger partial charge in [-0.2, -0.15) is 0 Å². The monoisotopic (exact) mass is 524 g/mol. The zero-order chi connectivity index (χ0) is 25.9. The van der Waals surface area contributed by atoms with E-state index in [2.05, 4.69) is 21.8 Å². The molecule has 1 saturated heterocycles. The summed E-state index contributed by atoms with van der Waals surface area (Å²) in [6, 6.07) is 23.2. The van der Waals surface area contributed by atoms with Crippen LogP contribution < -0.4 is 9.62 Å². The van der Waals surface area contributed by atoms with E-state index in [1.165, 1.54) is 0 Å². The maximum absolute atomic E-state index is 13.3. The van der Waals surface area contributed by atoms with E-state index in [4.69, 9.17) is 11.6 Å². The highest BCUT2D eigenvalue weighted by Gasteiger charge is 2.36. The zero-order valence-corrected chi connectivity index (χ0v) is 22.5. The molecule has 2 N–H and O–H groups in total. The summed E-state index contributed by atoms with van der Waals surface area (Å²) in [6.45, 7) is 7.66. The van der Waals surface area contributed by atoms with Crippen LogP contribution in [0.3, 0.4) is 0 Å². The average Bonchev–Trinajstić information content (AvgIpc) is 2.87. The van der Waals surface area contributed by atoms with Gasteiger partial charge in [0.25, 0.3) is 0 Å². The Kier molecular flexibility index (Phi) is 8.30. The van der Waals surface area contributed by atoms with Crippen molar-refractivity contribution >= 4 is 34.6 Å². The number of carboxylic acid groups (broad SMARTS) is 1. The summed E-state index contributed by atoms with van der Waals surface area (Å²) >= 11 is 4.91. The first-order valence-electron chi connectivity index (χ1n) is 12.2. The van der Waals surface area contributed by atoms with Gasteiger partial charge in [-0.1, -0.05) is 48.0 Å². The lowest BCUT2D eigenvalue weighted by atomic mass is 9.83. The van der Waals surface area contributed by atoms with Crippen LogP contribution in [0.2, 0.25) is 5.02 Å². The fourth-order valence-corrected chi connectivity index (χ4v) is 5.70. The van der Waals surface area contributed by atoms with Crippen LogP contribution in [0.1, 0.15) is 55.6 Å². The number of benzene rings is 3. The van der Waals surface area contributed by atoms with Crippen molar-refractivity contribution in [2.24, 2.45) is 5.92 Å². The summed E-state index contributed by atoms with van der Waals surface area (Å²) in [5.74, 6) is -0.625. The highest BCUT2D eigenvalue weighted by Crippen LogP contribution is 2.38. The minimum Gasteiger partial charge on any atom is -0.598 e. The van der Waals surface area contributed by atoms with Crippen molar-refractivity contribution in [2.45, 2.75) is 44.4 Å². The van der Waals surface area contributed by atoms with Crippen molar-refractivity contribution in [3.8, 4) is 11.1 Å². The molecule has 190 valence electrons. The number of aromatic carboxylic acids is 1. The Morgan fingerprint density at radius 1 is 1.03 bits per heavy atom. The lowest BCUT2D eigenvalue weighted by molar-refractivity contribution is 0.0697. The van der Waals surface area contributed by atoms with Crippen LogP contribution in [-0.2, 0) is 11.4 Å². The second kappa shape index (κ2) is 11.3. The molecule has 0 radical (unpaired) electrons. The van der Waals surface area contributed by atoms with E-state index >= 15 is 0 Å². The molecular weight excluding hydrogens is 492 g/mol. The molecule has 1 fully saturated rings. The Hall–Kier alpha value is -2.51. The third kappa shape index (κ3) is 6.24. The van der Waals surface area contributed by atoms with Gasteiger partial charge >= 0.3 is 5.97 Å². The lowest BCUT2D eigenvalue weighted by Crippen LogP contribution is -2.45. The van der Waals surface area contributed by atoms with Crippen LogP contribution in [0.25, 0.3) is 11.1 Å². The van der Waals surface area contributed by atoms with Crippen molar-refractivity contribution in [1.82, 2.24) is 4.72 Å². The molecule has 36 heavy (non-hydrogen) atoms. The number of hydrogen-bond donors (Lipinski definition) is 2. The SMILES string of the molecule is CC(C)(C)[S@+]([O-])N[C@@H](c1ccccc1-c1ccc(Cl)cc1)C1CCN(c2ccc(C(=O)O)cc2)CC1. The highest BCUT2D eigenvalue weighted by atomic mass is 35.5. The Morgan fingerprint density at radius 3 is 2.22 bits per heavy atom. The predicted molar refractivity (Wildman–Crippen MR) is 149 cm³/mol. The van der Waals surface area contributed by atoms with Crippen LogP contribution in [0.4, 0.5) is 5.69 Å². The van der Waals surface area contributed by atoms with Gasteiger partial charge in [0.05, 0.1) is 11.6 Å². The second-order valence-corrected chi connectivity index (χ2v) is 12.7. The van der Waals surface area contributed by atoms with Gasteiger partial charge in [0.1, 0.15) is 4.75 Å². The fourth-order valence-electron chi connectivity index (χ4n) is 4.67. The van der Waals surface area contributed by atoms with Crippen LogP contribution in [0.5, 0.6) is 0 Å². The molecule has 0 bridgehead atoms. The van der Waals surface area contributed by atoms with Crippen molar-refractivity contribution in [3.05, 3.63) is 88.9 Å². The van der Waals surface area contributed by atoms with E-state index < -0.39 is 17.3 Å². The molecule has 1 aliphatic rings. The molecule has 0 aliphatic carbocycles. The number of carboxylic acids is 1. The van der Waals surface area contributed by atoms with Gasteiger partial charge in [-0.05, 0) is 92.6 Å². The summed E-state index contributed by atoms with van der Waals surface area (Å²) < 4.78 is 16.4. The highest BCUT2D eigenvalue weighted by molar-refractivity contribution is 7.90. The number of carbonyl (C=O) groups is 1. The van der Waals surface area contributed by atoms with Gasteiger partial charge in [-0.25, -0.2) is 4.79 Å². The van der Waals surface area contributed by atoms with E-state index in [0.29, 0.717) is 16.5 Å². The van der Waals surface area contributed by atoms with Gasteiger partial charge in [-0.15, -0.1) is 4.72 Å². The molecule has 4 rings (SSSR count). The maximum atomic E-state index is 13.3. The number of nitrogens with one attached hydrogen (secondary N) is 1. The number of halogens is 1. The van der Waals surface area contributed by atoms with E-state index in [1.807, 2.05) is 69.3 Å². The minimum atomic E-state index is -1.23. The summed E-state index contributed by atoms with van der Waals surface area (Å²) in [4.78, 5) is 13.5. The Bertz CT molecular complexity index is 1170. The van der Waals surface area contributed by atoms with E-state index in [0.717, 1.165) is 48.3 Å². The third-order valence-electron chi connectivity index (χ3n) is 6.73. The quantitative estimate of drug-likeness (QED) is 0.336. The van der Waals surface area contributed by atoms with Crippen molar-refractivity contribution in [2.75, 3.05) is 18.0 Å². The number of hydrogen-bond acceptors (Lipinski definition) is 4. The Morgan fingerprint density at radius 2 is 1.64 bits per heavy atom. The zero-order valence-electron chi connectivity index (χ0n) is 20.9. The van der Waals surface area contributed by atoms with Crippen LogP contribution >= 0.6 is 11.6 Å². The minimum absolute atomic E-state index is 0.0755. The molecule has 0 saturated carbocycles. The molecule has 3 aromatic carbocycles. The first-order chi connectivity index (χ1) is 17.1. The number of anilines is 1. The van der Waals surface area contributed by atoms with E-state index in [9.17, 15) is 14.5 Å². The summed E-state index contributed by atoms with van der Waals surface area (Å²) in [6.07, 6.45) is 1.85. The first-order valence-corrected chi connectivity index (χ1v) is 13.8. The maximum Gasteiger partial charge on any atom is 0.335 e. The van der Waals surface area contributed by atoms with Gasteiger partial charge in [0.15, 0.2) is 0 Å². The summed E-state index contributed by atoms with van der Waals surface area (Å²) in [7, 11) is 0. The van der Waals surface area contributed by atoms with Gasteiger partial charge in [0, 0.05) is 35.2 Å². The molecule has 0 amide bonds.